The van der Waals surface area contributed by atoms with Crippen LogP contribution in [0.25, 0.3) is 0 Å². The van der Waals surface area contributed by atoms with Crippen molar-refractivity contribution in [1.29, 1.82) is 0 Å². The molecule has 0 saturated carbocycles. The molecule has 0 fully saturated rings. The smallest absolute Gasteiger partial charge is 0.326 e. The lowest BCUT2D eigenvalue weighted by atomic mass is 10.1. The van der Waals surface area contributed by atoms with Gasteiger partial charge in [0, 0.05) is 9.35 Å². The first-order valence-corrected chi connectivity index (χ1v) is 7.08. The van der Waals surface area contributed by atoms with Crippen molar-refractivity contribution in [2.24, 2.45) is 5.92 Å². The Labute approximate surface area is 118 Å². The first-order chi connectivity index (χ1) is 8.41. The first-order valence-electron chi connectivity index (χ1n) is 5.41. The largest absolute Gasteiger partial charge is 0.480 e. The number of halogens is 1. The zero-order chi connectivity index (χ0) is 13.7. The Morgan fingerprint density at radius 3 is 2.61 bits per heavy atom. The van der Waals surface area contributed by atoms with Gasteiger partial charge in [-0.3, -0.25) is 0 Å². The van der Waals surface area contributed by atoms with Gasteiger partial charge in [0.25, 0.3) is 0 Å². The number of hydrogen-bond acceptors (Lipinski definition) is 3. The van der Waals surface area contributed by atoms with Crippen LogP contribution in [0.1, 0.15) is 18.7 Å². The number of hydrogen-bond donors (Lipinski definition) is 3. The molecular weight excluding hydrogens is 320 g/mol. The van der Waals surface area contributed by atoms with E-state index in [1.807, 2.05) is 11.4 Å². The van der Waals surface area contributed by atoms with Gasteiger partial charge in [-0.05, 0) is 33.3 Å². The van der Waals surface area contributed by atoms with Crippen LogP contribution in [0, 0.1) is 5.92 Å². The maximum absolute atomic E-state index is 11.6. The van der Waals surface area contributed by atoms with Crippen molar-refractivity contribution < 1.29 is 14.7 Å². The Hall–Kier alpha value is -1.08. The number of carboxylic acid groups (broad SMARTS) is 1. The van der Waals surface area contributed by atoms with Gasteiger partial charge in [0.15, 0.2) is 0 Å². The predicted octanol–water partition coefficient (Wildman–Crippen LogP) is 2.42. The van der Waals surface area contributed by atoms with Gasteiger partial charge < -0.3 is 15.7 Å². The Morgan fingerprint density at radius 1 is 1.50 bits per heavy atom. The lowest BCUT2D eigenvalue weighted by Gasteiger charge is -2.18. The topological polar surface area (TPSA) is 78.4 Å². The molecule has 1 rings (SSSR count). The summed E-state index contributed by atoms with van der Waals surface area (Å²) in [6.07, 6.45) is 0. The molecule has 0 aromatic carbocycles. The third kappa shape index (κ3) is 4.30. The highest BCUT2D eigenvalue weighted by Gasteiger charge is 2.23. The van der Waals surface area contributed by atoms with Crippen LogP contribution in [0.4, 0.5) is 4.79 Å². The number of nitrogens with one attached hydrogen (secondary N) is 2. The van der Waals surface area contributed by atoms with Gasteiger partial charge in [0.05, 0.1) is 6.54 Å². The zero-order valence-corrected chi connectivity index (χ0v) is 12.5. The number of urea groups is 1. The lowest BCUT2D eigenvalue weighted by Crippen LogP contribution is -2.48. The zero-order valence-electron chi connectivity index (χ0n) is 10.1. The van der Waals surface area contributed by atoms with Gasteiger partial charge in [0.2, 0.25) is 0 Å². The van der Waals surface area contributed by atoms with Crippen LogP contribution < -0.4 is 10.6 Å². The van der Waals surface area contributed by atoms with Gasteiger partial charge in [0.1, 0.15) is 6.04 Å². The number of rotatable bonds is 5. The van der Waals surface area contributed by atoms with Gasteiger partial charge in [-0.25, -0.2) is 9.59 Å². The average molecular weight is 335 g/mol. The van der Waals surface area contributed by atoms with Crippen LogP contribution in [0.2, 0.25) is 0 Å². The molecule has 1 heterocycles. The number of thiophene rings is 1. The van der Waals surface area contributed by atoms with E-state index in [0.29, 0.717) is 6.54 Å². The molecule has 0 aliphatic rings. The van der Waals surface area contributed by atoms with Crippen molar-refractivity contribution in [3.8, 4) is 0 Å². The van der Waals surface area contributed by atoms with Crippen molar-refractivity contribution in [2.45, 2.75) is 26.4 Å². The van der Waals surface area contributed by atoms with Gasteiger partial charge >= 0.3 is 12.0 Å². The van der Waals surface area contributed by atoms with Gasteiger partial charge in [-0.1, -0.05) is 13.8 Å². The molecule has 0 radical (unpaired) electrons. The van der Waals surface area contributed by atoms with E-state index in [-0.39, 0.29) is 5.92 Å². The molecule has 7 heteroatoms. The highest BCUT2D eigenvalue weighted by Crippen LogP contribution is 2.22. The summed E-state index contributed by atoms with van der Waals surface area (Å²) in [6, 6.07) is 0.543. The SMILES string of the molecule is CC(C)[C@H](NC(=O)NCc1sccc1Br)C(=O)O. The Kier molecular flexibility index (Phi) is 5.61. The Bertz CT molecular complexity index is 434. The van der Waals surface area contributed by atoms with E-state index in [2.05, 4.69) is 26.6 Å². The molecule has 0 unspecified atom stereocenters. The van der Waals surface area contributed by atoms with E-state index in [1.165, 1.54) is 11.3 Å². The fraction of sp³-hybridized carbons (Fsp3) is 0.455. The summed E-state index contributed by atoms with van der Waals surface area (Å²) in [5, 5.41) is 15.9. The van der Waals surface area contributed by atoms with Crippen LogP contribution in [0.3, 0.4) is 0 Å². The van der Waals surface area contributed by atoms with E-state index in [4.69, 9.17) is 5.11 Å². The third-order valence-corrected chi connectivity index (χ3v) is 4.25. The molecule has 100 valence electrons. The minimum absolute atomic E-state index is 0.165. The molecular formula is C11H15BrN2O3S. The highest BCUT2D eigenvalue weighted by molar-refractivity contribution is 9.10. The molecule has 0 aliphatic heterocycles. The number of carbonyl (C=O) groups is 2. The Balaban J connectivity index is 2.46. The second-order valence-corrected chi connectivity index (χ2v) is 5.93. The fourth-order valence-electron chi connectivity index (χ4n) is 1.32. The quantitative estimate of drug-likeness (QED) is 0.773. The number of amides is 2. The van der Waals surface area contributed by atoms with Gasteiger partial charge in [-0.15, -0.1) is 11.3 Å². The van der Waals surface area contributed by atoms with E-state index in [0.717, 1.165) is 9.35 Å². The maximum Gasteiger partial charge on any atom is 0.326 e. The molecule has 0 aliphatic carbocycles. The van der Waals surface area contributed by atoms with E-state index in [1.54, 1.807) is 13.8 Å². The number of carbonyl (C=O) groups excluding carboxylic acids is 1. The maximum atomic E-state index is 11.6. The van der Waals surface area contributed by atoms with E-state index >= 15 is 0 Å². The molecule has 5 nitrogen and oxygen atoms in total. The van der Waals surface area contributed by atoms with Crippen LogP contribution in [-0.2, 0) is 11.3 Å². The van der Waals surface area contributed by atoms with E-state index in [9.17, 15) is 9.59 Å². The van der Waals surface area contributed by atoms with Crippen LogP contribution in [0.15, 0.2) is 15.9 Å². The number of carboxylic acids is 1. The summed E-state index contributed by atoms with van der Waals surface area (Å²) in [5.74, 6) is -1.20. The van der Waals surface area contributed by atoms with Crippen LogP contribution >= 0.6 is 27.3 Å². The van der Waals surface area contributed by atoms with Gasteiger partial charge in [-0.2, -0.15) is 0 Å². The minimum Gasteiger partial charge on any atom is -0.480 e. The second kappa shape index (κ2) is 6.75. The minimum atomic E-state index is -1.03. The summed E-state index contributed by atoms with van der Waals surface area (Å²) >= 11 is 4.88. The average Bonchev–Trinajstić information content (AvgIpc) is 2.68. The molecule has 1 aromatic rings. The van der Waals surface area contributed by atoms with Crippen molar-refractivity contribution in [3.63, 3.8) is 0 Å². The summed E-state index contributed by atoms with van der Waals surface area (Å²) in [4.78, 5) is 23.5. The second-order valence-electron chi connectivity index (χ2n) is 4.08. The third-order valence-electron chi connectivity index (χ3n) is 2.32. The van der Waals surface area contributed by atoms with Crippen LogP contribution in [-0.4, -0.2) is 23.1 Å². The molecule has 1 atom stereocenters. The molecule has 18 heavy (non-hydrogen) atoms. The molecule has 0 bridgehead atoms. The highest BCUT2D eigenvalue weighted by atomic mass is 79.9. The van der Waals surface area contributed by atoms with E-state index < -0.39 is 18.0 Å². The van der Waals surface area contributed by atoms with Crippen molar-refractivity contribution in [1.82, 2.24) is 10.6 Å². The Morgan fingerprint density at radius 2 is 2.17 bits per heavy atom. The molecule has 0 spiro atoms. The van der Waals surface area contributed by atoms with Crippen molar-refractivity contribution in [2.75, 3.05) is 0 Å². The summed E-state index contributed by atoms with van der Waals surface area (Å²) in [7, 11) is 0. The van der Waals surface area contributed by atoms with Crippen LogP contribution in [0.5, 0.6) is 0 Å². The van der Waals surface area contributed by atoms with Crippen molar-refractivity contribution in [3.05, 3.63) is 20.8 Å². The first kappa shape index (κ1) is 15.0. The lowest BCUT2D eigenvalue weighted by molar-refractivity contribution is -0.140. The number of aliphatic carboxylic acids is 1. The summed E-state index contributed by atoms with van der Waals surface area (Å²) < 4.78 is 0.937. The predicted molar refractivity (Wildman–Crippen MR) is 73.7 cm³/mol. The summed E-state index contributed by atoms with van der Waals surface area (Å²) in [5.41, 5.74) is 0. The molecule has 1 aromatic heterocycles. The standard InChI is InChI=1S/C11H15BrN2O3S/c1-6(2)9(10(15)16)14-11(17)13-5-8-7(12)3-4-18-8/h3-4,6,9H,5H2,1-2H3,(H,15,16)(H2,13,14,17)/t9-/m0/s1. The van der Waals surface area contributed by atoms with Crippen molar-refractivity contribution >= 4 is 39.3 Å². The summed E-state index contributed by atoms with van der Waals surface area (Å²) in [6.45, 7) is 3.86. The fourth-order valence-corrected chi connectivity index (χ4v) is 2.75. The normalized spacial score (nSPS) is 12.2. The molecule has 3 N–H and O–H groups in total. The molecule has 2 amide bonds. The molecule has 0 saturated heterocycles. The monoisotopic (exact) mass is 334 g/mol.